The third kappa shape index (κ3) is 3.09. The molecule has 0 radical (unpaired) electrons. The van der Waals surface area contributed by atoms with Gasteiger partial charge >= 0.3 is 6.09 Å². The second kappa shape index (κ2) is 4.84. The fourth-order valence-electron chi connectivity index (χ4n) is 2.07. The van der Waals surface area contributed by atoms with Crippen LogP contribution >= 0.6 is 0 Å². The molecule has 15 heavy (non-hydrogen) atoms. The van der Waals surface area contributed by atoms with Crippen molar-refractivity contribution in [1.82, 2.24) is 10.2 Å². The molecule has 1 N–H and O–H groups in total. The number of amides is 1. The molecule has 1 amide bonds. The van der Waals surface area contributed by atoms with E-state index in [1.807, 2.05) is 0 Å². The van der Waals surface area contributed by atoms with Crippen LogP contribution in [0.3, 0.4) is 0 Å². The van der Waals surface area contributed by atoms with Crippen LogP contribution in [-0.2, 0) is 4.74 Å². The van der Waals surface area contributed by atoms with Crippen molar-refractivity contribution in [2.45, 2.75) is 31.7 Å². The predicted octanol–water partition coefficient (Wildman–Crippen LogP) is 1.22. The van der Waals surface area contributed by atoms with Crippen LogP contribution in [0, 0.1) is 5.92 Å². The summed E-state index contributed by atoms with van der Waals surface area (Å²) in [6.07, 6.45) is 4.73. The molecule has 0 bridgehead atoms. The van der Waals surface area contributed by atoms with Gasteiger partial charge in [0, 0.05) is 19.1 Å². The Kier molecular flexibility index (Phi) is 3.46. The summed E-state index contributed by atoms with van der Waals surface area (Å²) in [5.41, 5.74) is 0. The number of hydrogen-bond acceptors (Lipinski definition) is 3. The standard InChI is InChI=1S/C11H20N2O2/c1-15-11(14)13-6-4-9(5-7-13)8-12-10-2-3-10/h9-10,12H,2-8H2,1H3. The highest BCUT2D eigenvalue weighted by molar-refractivity contribution is 5.67. The number of methoxy groups -OCH3 is 1. The van der Waals surface area contributed by atoms with Gasteiger partial charge in [0.2, 0.25) is 0 Å². The summed E-state index contributed by atoms with van der Waals surface area (Å²) < 4.78 is 4.70. The summed E-state index contributed by atoms with van der Waals surface area (Å²) in [6, 6.07) is 0.795. The fourth-order valence-corrected chi connectivity index (χ4v) is 2.07. The Hall–Kier alpha value is -0.770. The van der Waals surface area contributed by atoms with Gasteiger partial charge in [-0.3, -0.25) is 0 Å². The van der Waals surface area contributed by atoms with Crippen molar-refractivity contribution in [1.29, 1.82) is 0 Å². The molecule has 0 aromatic rings. The van der Waals surface area contributed by atoms with Gasteiger partial charge in [-0.25, -0.2) is 4.79 Å². The second-order valence-corrected chi connectivity index (χ2v) is 4.58. The van der Waals surface area contributed by atoms with Crippen LogP contribution in [0.1, 0.15) is 25.7 Å². The van der Waals surface area contributed by atoms with Gasteiger partial charge in [-0.1, -0.05) is 0 Å². The average molecular weight is 212 g/mol. The number of ether oxygens (including phenoxy) is 1. The van der Waals surface area contributed by atoms with E-state index >= 15 is 0 Å². The van der Waals surface area contributed by atoms with Gasteiger partial charge in [0.15, 0.2) is 0 Å². The molecule has 1 saturated carbocycles. The van der Waals surface area contributed by atoms with Gasteiger partial charge in [-0.15, -0.1) is 0 Å². The van der Waals surface area contributed by atoms with Crippen molar-refractivity contribution in [3.63, 3.8) is 0 Å². The highest BCUT2D eigenvalue weighted by Gasteiger charge is 2.25. The van der Waals surface area contributed by atoms with Crippen molar-refractivity contribution in [2.24, 2.45) is 5.92 Å². The first kappa shape index (κ1) is 10.7. The van der Waals surface area contributed by atoms with Crippen LogP contribution in [-0.4, -0.2) is 43.8 Å². The number of likely N-dealkylation sites (tertiary alicyclic amines) is 1. The summed E-state index contributed by atoms with van der Waals surface area (Å²) in [5.74, 6) is 0.742. The Morgan fingerprint density at radius 1 is 1.33 bits per heavy atom. The minimum absolute atomic E-state index is 0.177. The summed E-state index contributed by atoms with van der Waals surface area (Å²) in [4.78, 5) is 13.0. The molecule has 0 aromatic carbocycles. The lowest BCUT2D eigenvalue weighted by atomic mass is 9.97. The molecule has 0 atom stereocenters. The molecule has 1 saturated heterocycles. The Labute approximate surface area is 91.0 Å². The molecule has 2 rings (SSSR count). The molecule has 2 fully saturated rings. The lowest BCUT2D eigenvalue weighted by Gasteiger charge is -2.31. The second-order valence-electron chi connectivity index (χ2n) is 4.58. The van der Waals surface area contributed by atoms with Crippen LogP contribution in [0.5, 0.6) is 0 Å². The van der Waals surface area contributed by atoms with Crippen LogP contribution in [0.4, 0.5) is 4.79 Å². The highest BCUT2D eigenvalue weighted by atomic mass is 16.5. The summed E-state index contributed by atoms with van der Waals surface area (Å²) >= 11 is 0. The number of hydrogen-bond donors (Lipinski definition) is 1. The molecule has 2 aliphatic rings. The molecule has 4 heteroatoms. The number of rotatable bonds is 3. The number of carbonyl (C=O) groups excluding carboxylic acids is 1. The van der Waals surface area contributed by atoms with Crippen molar-refractivity contribution < 1.29 is 9.53 Å². The van der Waals surface area contributed by atoms with E-state index < -0.39 is 0 Å². The predicted molar refractivity (Wildman–Crippen MR) is 57.7 cm³/mol. The Bertz CT molecular complexity index is 221. The largest absolute Gasteiger partial charge is 0.453 e. The van der Waals surface area contributed by atoms with E-state index in [1.165, 1.54) is 20.0 Å². The van der Waals surface area contributed by atoms with Gasteiger partial charge in [0.1, 0.15) is 0 Å². The molecule has 1 aliphatic carbocycles. The maximum absolute atomic E-state index is 11.2. The van der Waals surface area contributed by atoms with Crippen molar-refractivity contribution in [2.75, 3.05) is 26.7 Å². The van der Waals surface area contributed by atoms with Gasteiger partial charge < -0.3 is 15.0 Å². The lowest BCUT2D eigenvalue weighted by molar-refractivity contribution is 0.106. The molecule has 4 nitrogen and oxygen atoms in total. The molecular weight excluding hydrogens is 192 g/mol. The van der Waals surface area contributed by atoms with E-state index in [1.54, 1.807) is 4.90 Å². The summed E-state index contributed by atoms with van der Waals surface area (Å²) in [5, 5.41) is 3.55. The van der Waals surface area contributed by atoms with Gasteiger partial charge in [0.05, 0.1) is 7.11 Å². The first-order valence-electron chi connectivity index (χ1n) is 5.86. The van der Waals surface area contributed by atoms with E-state index in [9.17, 15) is 4.79 Å². The Morgan fingerprint density at radius 3 is 2.53 bits per heavy atom. The quantitative estimate of drug-likeness (QED) is 0.764. The van der Waals surface area contributed by atoms with E-state index in [-0.39, 0.29) is 6.09 Å². The van der Waals surface area contributed by atoms with Crippen LogP contribution in [0.2, 0.25) is 0 Å². The minimum atomic E-state index is -0.177. The van der Waals surface area contributed by atoms with E-state index in [4.69, 9.17) is 4.74 Å². The molecule has 1 aliphatic heterocycles. The molecule has 1 heterocycles. The Balaban J connectivity index is 1.64. The zero-order valence-corrected chi connectivity index (χ0v) is 9.37. The number of carbonyl (C=O) groups is 1. The van der Waals surface area contributed by atoms with E-state index in [2.05, 4.69) is 5.32 Å². The van der Waals surface area contributed by atoms with Crippen LogP contribution in [0.15, 0.2) is 0 Å². The molecular formula is C11H20N2O2. The number of nitrogens with zero attached hydrogens (tertiary/aromatic N) is 1. The zero-order valence-electron chi connectivity index (χ0n) is 9.37. The first-order chi connectivity index (χ1) is 7.29. The molecule has 0 unspecified atom stereocenters. The summed E-state index contributed by atoms with van der Waals surface area (Å²) in [7, 11) is 1.45. The van der Waals surface area contributed by atoms with E-state index in [0.29, 0.717) is 0 Å². The molecule has 0 aromatic heterocycles. The zero-order chi connectivity index (χ0) is 10.7. The highest BCUT2D eigenvalue weighted by Crippen LogP contribution is 2.21. The van der Waals surface area contributed by atoms with Crippen molar-refractivity contribution in [3.8, 4) is 0 Å². The van der Waals surface area contributed by atoms with Gasteiger partial charge in [-0.2, -0.15) is 0 Å². The molecule has 0 spiro atoms. The third-order valence-electron chi connectivity index (χ3n) is 3.32. The normalized spacial score (nSPS) is 22.9. The maximum Gasteiger partial charge on any atom is 0.409 e. The summed E-state index contributed by atoms with van der Waals surface area (Å²) in [6.45, 7) is 2.83. The van der Waals surface area contributed by atoms with Crippen molar-refractivity contribution >= 4 is 6.09 Å². The Morgan fingerprint density at radius 2 is 2.00 bits per heavy atom. The minimum Gasteiger partial charge on any atom is -0.453 e. The monoisotopic (exact) mass is 212 g/mol. The van der Waals surface area contributed by atoms with Crippen molar-refractivity contribution in [3.05, 3.63) is 0 Å². The number of nitrogens with one attached hydrogen (secondary N) is 1. The third-order valence-corrected chi connectivity index (χ3v) is 3.32. The smallest absolute Gasteiger partial charge is 0.409 e. The topological polar surface area (TPSA) is 41.6 Å². The lowest BCUT2D eigenvalue weighted by Crippen LogP contribution is -2.40. The maximum atomic E-state index is 11.2. The fraction of sp³-hybridized carbons (Fsp3) is 0.909. The van der Waals surface area contributed by atoms with Crippen LogP contribution in [0.25, 0.3) is 0 Å². The average Bonchev–Trinajstić information content (AvgIpc) is 3.10. The van der Waals surface area contributed by atoms with Crippen LogP contribution < -0.4 is 5.32 Å². The first-order valence-corrected chi connectivity index (χ1v) is 5.86. The SMILES string of the molecule is COC(=O)N1CCC(CNC2CC2)CC1. The number of piperidine rings is 1. The van der Waals surface area contributed by atoms with Gasteiger partial charge in [-0.05, 0) is 38.1 Å². The van der Waals surface area contributed by atoms with E-state index in [0.717, 1.165) is 44.4 Å². The van der Waals surface area contributed by atoms with Gasteiger partial charge in [0.25, 0.3) is 0 Å². The molecule has 86 valence electrons.